The van der Waals surface area contributed by atoms with Gasteiger partial charge in [0.05, 0.1) is 24.3 Å². The fraction of sp³-hybridized carbons (Fsp3) is 0.417. The van der Waals surface area contributed by atoms with Crippen molar-refractivity contribution in [3.8, 4) is 5.75 Å². The lowest BCUT2D eigenvalue weighted by Crippen LogP contribution is -2.58. The van der Waals surface area contributed by atoms with Crippen molar-refractivity contribution in [1.82, 2.24) is 5.32 Å². The van der Waals surface area contributed by atoms with Crippen LogP contribution in [0.3, 0.4) is 0 Å². The van der Waals surface area contributed by atoms with Gasteiger partial charge in [0.25, 0.3) is 5.91 Å². The van der Waals surface area contributed by atoms with Crippen LogP contribution in [0.15, 0.2) is 27.1 Å². The van der Waals surface area contributed by atoms with Crippen LogP contribution < -0.4 is 10.1 Å². The zero-order chi connectivity index (χ0) is 15.2. The first kappa shape index (κ1) is 17.4. The lowest BCUT2D eigenvalue weighted by Gasteiger charge is -2.28. The van der Waals surface area contributed by atoms with Crippen LogP contribution in [0.2, 0.25) is 0 Å². The third-order valence-corrected chi connectivity index (χ3v) is 3.68. The fourth-order valence-electron chi connectivity index (χ4n) is 1.34. The number of halogens is 2. The van der Waals surface area contributed by atoms with E-state index in [9.17, 15) is 4.79 Å². The van der Waals surface area contributed by atoms with Crippen LogP contribution in [0.1, 0.15) is 0 Å². The monoisotopic (exact) mass is 411 g/mol. The maximum atomic E-state index is 11.7. The SMILES string of the molecule is O=C(COc1ccc(Br)cc1Br)NC(CO)(CO)CO. The molecule has 0 bridgehead atoms. The molecule has 0 aliphatic carbocycles. The molecule has 6 nitrogen and oxygen atoms in total. The number of carbonyl (C=O) groups excluding carboxylic acids is 1. The van der Waals surface area contributed by atoms with E-state index in [2.05, 4.69) is 37.2 Å². The Bertz CT molecular complexity index is 457. The molecule has 1 rings (SSSR count). The predicted octanol–water partition coefficient (Wildman–Crippen LogP) is 0.422. The highest BCUT2D eigenvalue weighted by Crippen LogP contribution is 2.28. The van der Waals surface area contributed by atoms with Gasteiger partial charge >= 0.3 is 0 Å². The number of ether oxygens (including phenoxy) is 1. The number of nitrogens with one attached hydrogen (secondary N) is 1. The minimum Gasteiger partial charge on any atom is -0.483 e. The number of rotatable bonds is 7. The molecule has 1 amide bonds. The molecule has 0 saturated heterocycles. The third-order valence-electron chi connectivity index (χ3n) is 2.57. The summed E-state index contributed by atoms with van der Waals surface area (Å²) in [5, 5.41) is 29.6. The number of hydrogen-bond acceptors (Lipinski definition) is 5. The molecule has 0 aliphatic rings. The van der Waals surface area contributed by atoms with Gasteiger partial charge in [-0.2, -0.15) is 0 Å². The minimum atomic E-state index is -1.45. The molecule has 112 valence electrons. The first-order valence-electron chi connectivity index (χ1n) is 5.68. The van der Waals surface area contributed by atoms with E-state index in [1.807, 2.05) is 0 Å². The molecular weight excluding hydrogens is 398 g/mol. The number of hydrogen-bond donors (Lipinski definition) is 4. The second-order valence-electron chi connectivity index (χ2n) is 4.17. The third kappa shape index (κ3) is 4.71. The standard InChI is InChI=1S/C12H15Br2NO5/c13-8-1-2-10(9(14)3-8)20-4-11(19)15-12(5-16,6-17)7-18/h1-3,16-18H,4-7H2,(H,15,19). The van der Waals surface area contributed by atoms with Gasteiger partial charge in [-0.3, -0.25) is 4.79 Å². The Balaban J connectivity index is 2.59. The molecule has 0 aliphatic heterocycles. The van der Waals surface area contributed by atoms with Gasteiger partial charge in [0, 0.05) is 4.47 Å². The van der Waals surface area contributed by atoms with Gasteiger partial charge in [0.2, 0.25) is 0 Å². The number of amides is 1. The molecule has 1 aromatic rings. The molecule has 0 aromatic heterocycles. The first-order chi connectivity index (χ1) is 9.46. The van der Waals surface area contributed by atoms with E-state index >= 15 is 0 Å². The van der Waals surface area contributed by atoms with Crippen molar-refractivity contribution in [2.45, 2.75) is 5.54 Å². The average Bonchev–Trinajstić information content (AvgIpc) is 2.44. The van der Waals surface area contributed by atoms with Crippen molar-refractivity contribution < 1.29 is 24.9 Å². The number of aliphatic hydroxyl groups is 3. The fourth-order valence-corrected chi connectivity index (χ4v) is 2.50. The highest BCUT2D eigenvalue weighted by molar-refractivity contribution is 9.11. The lowest BCUT2D eigenvalue weighted by molar-refractivity contribution is -0.127. The number of carbonyl (C=O) groups is 1. The van der Waals surface area contributed by atoms with Gasteiger partial charge in [-0.25, -0.2) is 0 Å². The molecule has 8 heteroatoms. The van der Waals surface area contributed by atoms with Crippen LogP contribution >= 0.6 is 31.9 Å². The summed E-state index contributed by atoms with van der Waals surface area (Å²) in [6.45, 7) is -2.03. The Morgan fingerprint density at radius 1 is 1.20 bits per heavy atom. The zero-order valence-corrected chi connectivity index (χ0v) is 13.6. The molecule has 0 fully saturated rings. The Morgan fingerprint density at radius 3 is 2.30 bits per heavy atom. The van der Waals surface area contributed by atoms with Gasteiger partial charge in [-0.1, -0.05) is 15.9 Å². The first-order valence-corrected chi connectivity index (χ1v) is 7.26. The summed E-state index contributed by atoms with van der Waals surface area (Å²) in [5.74, 6) is -0.0806. The Morgan fingerprint density at radius 2 is 1.80 bits per heavy atom. The Hall–Kier alpha value is -0.670. The quantitative estimate of drug-likeness (QED) is 0.520. The molecule has 4 N–H and O–H groups in total. The molecule has 0 unspecified atom stereocenters. The maximum absolute atomic E-state index is 11.7. The highest BCUT2D eigenvalue weighted by atomic mass is 79.9. The molecule has 20 heavy (non-hydrogen) atoms. The van der Waals surface area contributed by atoms with Crippen molar-refractivity contribution in [2.24, 2.45) is 0 Å². The maximum Gasteiger partial charge on any atom is 0.258 e. The van der Waals surface area contributed by atoms with E-state index in [1.54, 1.807) is 18.2 Å². The summed E-state index contributed by atoms with van der Waals surface area (Å²) >= 11 is 6.59. The summed E-state index contributed by atoms with van der Waals surface area (Å²) in [4.78, 5) is 11.7. The van der Waals surface area contributed by atoms with E-state index in [-0.39, 0.29) is 6.61 Å². The normalized spacial score (nSPS) is 11.2. The van der Waals surface area contributed by atoms with Crippen LogP contribution in [0.25, 0.3) is 0 Å². The second kappa shape index (κ2) is 7.94. The largest absolute Gasteiger partial charge is 0.483 e. The molecule has 0 spiro atoms. The van der Waals surface area contributed by atoms with Gasteiger partial charge in [0.1, 0.15) is 11.3 Å². The Kier molecular flexibility index (Phi) is 6.90. The van der Waals surface area contributed by atoms with E-state index in [0.717, 1.165) is 4.47 Å². The average molecular weight is 413 g/mol. The van der Waals surface area contributed by atoms with Crippen LogP contribution in [-0.2, 0) is 4.79 Å². The molecular formula is C12H15Br2NO5. The van der Waals surface area contributed by atoms with Crippen LogP contribution in [0.5, 0.6) is 5.75 Å². The lowest BCUT2D eigenvalue weighted by atomic mass is 10.0. The van der Waals surface area contributed by atoms with E-state index in [0.29, 0.717) is 10.2 Å². The summed E-state index contributed by atoms with van der Waals surface area (Å²) in [7, 11) is 0. The predicted molar refractivity (Wildman–Crippen MR) is 79.5 cm³/mol. The summed E-state index contributed by atoms with van der Waals surface area (Å²) < 4.78 is 6.85. The zero-order valence-electron chi connectivity index (χ0n) is 10.5. The van der Waals surface area contributed by atoms with Gasteiger partial charge in [-0.05, 0) is 34.1 Å². The molecule has 0 saturated carbocycles. The topological polar surface area (TPSA) is 99.0 Å². The van der Waals surface area contributed by atoms with E-state index in [1.165, 1.54) is 0 Å². The van der Waals surface area contributed by atoms with Crippen molar-refractivity contribution in [3.63, 3.8) is 0 Å². The van der Waals surface area contributed by atoms with Gasteiger partial charge in [0.15, 0.2) is 6.61 Å². The van der Waals surface area contributed by atoms with E-state index < -0.39 is 31.3 Å². The summed E-state index contributed by atoms with van der Waals surface area (Å²) in [5.41, 5.74) is -1.45. The molecule has 0 atom stereocenters. The Labute approximate surface area is 133 Å². The number of benzene rings is 1. The van der Waals surface area contributed by atoms with Crippen molar-refractivity contribution in [2.75, 3.05) is 26.4 Å². The van der Waals surface area contributed by atoms with Crippen LogP contribution in [0.4, 0.5) is 0 Å². The molecule has 0 radical (unpaired) electrons. The van der Waals surface area contributed by atoms with Gasteiger partial charge in [-0.15, -0.1) is 0 Å². The van der Waals surface area contributed by atoms with Crippen molar-refractivity contribution >= 4 is 37.8 Å². The number of aliphatic hydroxyl groups excluding tert-OH is 3. The summed E-state index contributed by atoms with van der Waals surface area (Å²) in [6, 6.07) is 5.21. The van der Waals surface area contributed by atoms with Crippen molar-refractivity contribution in [3.05, 3.63) is 27.1 Å². The second-order valence-corrected chi connectivity index (χ2v) is 5.94. The summed E-state index contributed by atoms with van der Waals surface area (Å²) in [6.07, 6.45) is 0. The van der Waals surface area contributed by atoms with E-state index in [4.69, 9.17) is 20.1 Å². The van der Waals surface area contributed by atoms with Gasteiger partial charge < -0.3 is 25.4 Å². The van der Waals surface area contributed by atoms with Crippen LogP contribution in [-0.4, -0.2) is 53.2 Å². The van der Waals surface area contributed by atoms with Crippen LogP contribution in [0, 0.1) is 0 Å². The minimum absolute atomic E-state index is 0.304. The molecule has 0 heterocycles. The smallest absolute Gasteiger partial charge is 0.258 e. The van der Waals surface area contributed by atoms with Crippen molar-refractivity contribution in [1.29, 1.82) is 0 Å². The highest BCUT2D eigenvalue weighted by Gasteiger charge is 2.30. The molecule has 1 aromatic carbocycles.